The van der Waals surface area contributed by atoms with Crippen LogP contribution in [0.25, 0.3) is 0 Å². The Bertz CT molecular complexity index is 260. The molecule has 0 saturated heterocycles. The quantitative estimate of drug-likeness (QED) is 0.646. The van der Waals surface area contributed by atoms with E-state index in [0.29, 0.717) is 11.8 Å². The van der Waals surface area contributed by atoms with Gasteiger partial charge in [-0.15, -0.1) is 10.2 Å². The molecule has 1 rings (SSSR count). The van der Waals surface area contributed by atoms with Gasteiger partial charge in [0.05, 0.1) is 0 Å². The summed E-state index contributed by atoms with van der Waals surface area (Å²) in [5.41, 5.74) is 0.180. The molecule has 0 radical (unpaired) electrons. The molecule has 0 N–H and O–H groups in total. The first-order valence-electron chi connectivity index (χ1n) is 4.21. The Morgan fingerprint density at radius 3 is 2.17 bits per heavy atom. The van der Waals surface area contributed by atoms with Crippen molar-refractivity contribution >= 4 is 0 Å². The number of hydrogen-bond acceptors (Lipinski definition) is 3. The molecule has 0 saturated carbocycles. The van der Waals surface area contributed by atoms with Crippen molar-refractivity contribution in [2.75, 3.05) is 0 Å². The molecular formula is C9H16N2O. The minimum absolute atomic E-state index is 0.180. The molecule has 0 amide bonds. The van der Waals surface area contributed by atoms with Crippen LogP contribution in [0.1, 0.15) is 45.4 Å². The van der Waals surface area contributed by atoms with Crippen molar-refractivity contribution < 1.29 is 4.42 Å². The monoisotopic (exact) mass is 168 g/mol. The highest BCUT2D eigenvalue weighted by Crippen LogP contribution is 2.33. The summed E-state index contributed by atoms with van der Waals surface area (Å²) in [7, 11) is 0. The van der Waals surface area contributed by atoms with Crippen LogP contribution in [-0.4, -0.2) is 10.2 Å². The summed E-state index contributed by atoms with van der Waals surface area (Å²) in [5, 5.41) is 7.80. The van der Waals surface area contributed by atoms with Gasteiger partial charge in [-0.2, -0.15) is 0 Å². The molecule has 0 aliphatic rings. The molecule has 0 aliphatic carbocycles. The maximum atomic E-state index is 5.35. The summed E-state index contributed by atoms with van der Waals surface area (Å²) < 4.78 is 5.35. The van der Waals surface area contributed by atoms with E-state index in [1.54, 1.807) is 0 Å². The predicted octanol–water partition coefficient (Wildman–Crippen LogP) is 2.53. The second-order valence-electron chi connectivity index (χ2n) is 4.25. The molecule has 0 fully saturated rings. The van der Waals surface area contributed by atoms with Gasteiger partial charge < -0.3 is 4.42 Å². The first-order chi connectivity index (χ1) is 5.41. The molecule has 1 heterocycles. The van der Waals surface area contributed by atoms with Crippen molar-refractivity contribution in [1.82, 2.24) is 10.2 Å². The van der Waals surface area contributed by atoms with Crippen molar-refractivity contribution in [3.8, 4) is 0 Å². The third-order valence-electron chi connectivity index (χ3n) is 2.21. The number of hydrogen-bond donors (Lipinski definition) is 0. The van der Waals surface area contributed by atoms with Gasteiger partial charge in [0.1, 0.15) is 0 Å². The Kier molecular flexibility index (Phi) is 2.22. The molecule has 0 unspecified atom stereocenters. The van der Waals surface area contributed by atoms with Crippen LogP contribution < -0.4 is 0 Å². The fraction of sp³-hybridized carbons (Fsp3) is 0.778. The van der Waals surface area contributed by atoms with Crippen LogP contribution in [0.3, 0.4) is 0 Å². The van der Waals surface area contributed by atoms with Gasteiger partial charge in [-0.25, -0.2) is 0 Å². The molecule has 3 nitrogen and oxygen atoms in total. The van der Waals surface area contributed by atoms with E-state index >= 15 is 0 Å². The van der Waals surface area contributed by atoms with Gasteiger partial charge in [-0.05, 0) is 5.41 Å². The lowest BCUT2D eigenvalue weighted by Crippen LogP contribution is -2.15. The van der Waals surface area contributed by atoms with Gasteiger partial charge in [0.15, 0.2) is 0 Å². The van der Waals surface area contributed by atoms with Gasteiger partial charge >= 0.3 is 0 Å². The van der Waals surface area contributed by atoms with Crippen molar-refractivity contribution in [3.63, 3.8) is 0 Å². The normalized spacial score (nSPS) is 14.8. The number of nitrogens with zero attached hydrogens (tertiary/aromatic N) is 2. The van der Waals surface area contributed by atoms with Crippen LogP contribution in [-0.2, 0) is 0 Å². The first kappa shape index (κ1) is 9.23. The molecule has 68 valence electrons. The van der Waals surface area contributed by atoms with E-state index in [1.165, 1.54) is 0 Å². The van der Waals surface area contributed by atoms with Crippen LogP contribution in [0.15, 0.2) is 4.42 Å². The van der Waals surface area contributed by atoms with Crippen LogP contribution in [0.5, 0.6) is 0 Å². The molecule has 1 aromatic rings. The second-order valence-corrected chi connectivity index (χ2v) is 4.25. The van der Waals surface area contributed by atoms with Gasteiger partial charge in [-0.1, -0.05) is 27.7 Å². The molecule has 0 spiro atoms. The Morgan fingerprint density at radius 2 is 1.83 bits per heavy atom. The highest BCUT2D eigenvalue weighted by atomic mass is 16.4. The largest absolute Gasteiger partial charge is 0.425 e. The second kappa shape index (κ2) is 2.88. The number of aryl methyl sites for hydroxylation is 1. The van der Waals surface area contributed by atoms with Crippen LogP contribution >= 0.6 is 0 Å². The predicted molar refractivity (Wildman–Crippen MR) is 46.9 cm³/mol. The molecule has 3 heteroatoms. The first-order valence-corrected chi connectivity index (χ1v) is 4.21. The van der Waals surface area contributed by atoms with E-state index < -0.39 is 0 Å². The van der Waals surface area contributed by atoms with Gasteiger partial charge in [-0.3, -0.25) is 0 Å². The molecule has 0 bridgehead atoms. The lowest BCUT2D eigenvalue weighted by Gasteiger charge is -2.23. The van der Waals surface area contributed by atoms with Crippen molar-refractivity contribution in [2.24, 2.45) is 5.41 Å². The van der Waals surface area contributed by atoms with Crippen molar-refractivity contribution in [2.45, 2.75) is 40.5 Å². The number of aromatic nitrogens is 2. The standard InChI is InChI=1S/C9H16N2O/c1-6(9(3,4)5)8-11-10-7(2)12-8/h6H,1-5H3/t6-/m1/s1. The van der Waals surface area contributed by atoms with Gasteiger partial charge in [0.2, 0.25) is 11.8 Å². The summed E-state index contributed by atoms with van der Waals surface area (Å²) in [6.07, 6.45) is 0. The summed E-state index contributed by atoms with van der Waals surface area (Å²) >= 11 is 0. The average Bonchev–Trinajstić information content (AvgIpc) is 2.32. The van der Waals surface area contributed by atoms with Gasteiger partial charge in [0.25, 0.3) is 0 Å². The summed E-state index contributed by atoms with van der Waals surface area (Å²) in [6, 6.07) is 0. The Labute approximate surface area is 73.2 Å². The maximum Gasteiger partial charge on any atom is 0.219 e. The van der Waals surface area contributed by atoms with Gasteiger partial charge in [0, 0.05) is 12.8 Å². The van der Waals surface area contributed by atoms with Crippen molar-refractivity contribution in [1.29, 1.82) is 0 Å². The van der Waals surface area contributed by atoms with E-state index in [1.807, 2.05) is 6.92 Å². The summed E-state index contributed by atoms with van der Waals surface area (Å²) in [5.74, 6) is 1.68. The minimum atomic E-state index is 0.180. The SMILES string of the molecule is Cc1nnc([C@@H](C)C(C)(C)C)o1. The van der Waals surface area contributed by atoms with Crippen LogP contribution in [0, 0.1) is 12.3 Å². The average molecular weight is 168 g/mol. The summed E-state index contributed by atoms with van der Waals surface area (Å²) in [6.45, 7) is 10.4. The number of rotatable bonds is 1. The van der Waals surface area contributed by atoms with Crippen molar-refractivity contribution in [3.05, 3.63) is 11.8 Å². The van der Waals surface area contributed by atoms with E-state index in [0.717, 1.165) is 5.89 Å². The topological polar surface area (TPSA) is 38.9 Å². The summed E-state index contributed by atoms with van der Waals surface area (Å²) in [4.78, 5) is 0. The van der Waals surface area contributed by atoms with E-state index in [4.69, 9.17) is 4.42 Å². The zero-order chi connectivity index (χ0) is 9.35. The highest BCUT2D eigenvalue weighted by Gasteiger charge is 2.25. The Hall–Kier alpha value is -0.860. The van der Waals surface area contributed by atoms with Crippen LogP contribution in [0.4, 0.5) is 0 Å². The van der Waals surface area contributed by atoms with E-state index in [2.05, 4.69) is 37.9 Å². The molecule has 12 heavy (non-hydrogen) atoms. The zero-order valence-electron chi connectivity index (χ0n) is 8.38. The molecule has 0 aromatic carbocycles. The highest BCUT2D eigenvalue weighted by molar-refractivity contribution is 4.94. The lowest BCUT2D eigenvalue weighted by molar-refractivity contribution is 0.285. The fourth-order valence-electron chi connectivity index (χ4n) is 0.857. The van der Waals surface area contributed by atoms with Crippen LogP contribution in [0.2, 0.25) is 0 Å². The zero-order valence-corrected chi connectivity index (χ0v) is 8.38. The Morgan fingerprint density at radius 1 is 1.25 bits per heavy atom. The van der Waals surface area contributed by atoms with E-state index in [-0.39, 0.29) is 5.41 Å². The van der Waals surface area contributed by atoms with E-state index in [9.17, 15) is 0 Å². The molecule has 1 atom stereocenters. The molecule has 1 aromatic heterocycles. The maximum absolute atomic E-state index is 5.35. The molecule has 0 aliphatic heterocycles. The lowest BCUT2D eigenvalue weighted by atomic mass is 9.82. The fourth-order valence-corrected chi connectivity index (χ4v) is 0.857. The smallest absolute Gasteiger partial charge is 0.219 e. The third kappa shape index (κ3) is 1.84. The third-order valence-corrected chi connectivity index (χ3v) is 2.21. The Balaban J connectivity index is 2.85. The minimum Gasteiger partial charge on any atom is -0.425 e. The molecular weight excluding hydrogens is 152 g/mol.